The van der Waals surface area contributed by atoms with Crippen LogP contribution in [-0.2, 0) is 12.6 Å². The average molecular weight is 474 g/mol. The molecule has 10 heteroatoms. The molecule has 0 spiro atoms. The molecule has 0 unspecified atom stereocenters. The normalized spacial score (nSPS) is 11.7. The number of rotatable bonds is 8. The minimum Gasteiger partial charge on any atom is -0.464 e. The van der Waals surface area contributed by atoms with Crippen molar-refractivity contribution in [2.75, 3.05) is 18.5 Å². The second-order valence-corrected chi connectivity index (χ2v) is 8.61. The van der Waals surface area contributed by atoms with Crippen LogP contribution in [0.25, 0.3) is 21.5 Å². The Morgan fingerprint density at radius 2 is 1.85 bits per heavy atom. The smallest absolute Gasteiger partial charge is 0.434 e. The molecule has 33 heavy (non-hydrogen) atoms. The van der Waals surface area contributed by atoms with Crippen LogP contribution in [0.15, 0.2) is 42.7 Å². The summed E-state index contributed by atoms with van der Waals surface area (Å²) in [5.41, 5.74) is 1.25. The fourth-order valence-electron chi connectivity index (χ4n) is 3.32. The van der Waals surface area contributed by atoms with Gasteiger partial charge in [0.15, 0.2) is 5.69 Å². The van der Waals surface area contributed by atoms with E-state index in [2.05, 4.69) is 31.3 Å². The van der Waals surface area contributed by atoms with Crippen molar-refractivity contribution in [3.63, 3.8) is 0 Å². The Hall–Kier alpha value is -3.27. The molecule has 0 saturated carbocycles. The quantitative estimate of drug-likeness (QED) is 0.320. The SMILES string of the molecule is CCOc1nc(NCCCc2ccc(-c3cnc(C(F)(F)F)cn3)cc2)c2cc(C)sc2n1. The summed E-state index contributed by atoms with van der Waals surface area (Å²) in [6, 6.07) is 10.0. The Labute approximate surface area is 192 Å². The number of anilines is 1. The van der Waals surface area contributed by atoms with E-state index in [4.69, 9.17) is 4.74 Å². The van der Waals surface area contributed by atoms with Crippen LogP contribution in [-0.4, -0.2) is 33.1 Å². The topological polar surface area (TPSA) is 72.8 Å². The van der Waals surface area contributed by atoms with Gasteiger partial charge in [0.25, 0.3) is 0 Å². The van der Waals surface area contributed by atoms with Crippen LogP contribution in [0.4, 0.5) is 19.0 Å². The highest BCUT2D eigenvalue weighted by molar-refractivity contribution is 7.18. The molecule has 0 aliphatic carbocycles. The molecule has 0 bridgehead atoms. The zero-order valence-corrected chi connectivity index (χ0v) is 18.9. The first-order chi connectivity index (χ1) is 15.8. The molecule has 4 rings (SSSR count). The zero-order valence-electron chi connectivity index (χ0n) is 18.1. The fourth-order valence-corrected chi connectivity index (χ4v) is 4.19. The number of aryl methyl sites for hydroxylation is 2. The van der Waals surface area contributed by atoms with E-state index in [0.29, 0.717) is 18.3 Å². The van der Waals surface area contributed by atoms with Crippen LogP contribution in [0.1, 0.15) is 29.5 Å². The van der Waals surface area contributed by atoms with Crippen molar-refractivity contribution in [1.29, 1.82) is 0 Å². The van der Waals surface area contributed by atoms with E-state index in [1.165, 1.54) is 0 Å². The van der Waals surface area contributed by atoms with Gasteiger partial charge in [-0.2, -0.15) is 23.1 Å². The minimum absolute atomic E-state index is 0.372. The number of halogens is 3. The van der Waals surface area contributed by atoms with Crippen molar-refractivity contribution < 1.29 is 17.9 Å². The van der Waals surface area contributed by atoms with Crippen molar-refractivity contribution in [3.8, 4) is 17.3 Å². The number of hydrogen-bond acceptors (Lipinski definition) is 7. The highest BCUT2D eigenvalue weighted by Crippen LogP contribution is 2.30. The summed E-state index contributed by atoms with van der Waals surface area (Å²) in [4.78, 5) is 18.4. The Morgan fingerprint density at radius 3 is 2.52 bits per heavy atom. The van der Waals surface area contributed by atoms with Gasteiger partial charge in [0.2, 0.25) is 0 Å². The van der Waals surface area contributed by atoms with Crippen molar-refractivity contribution in [2.24, 2.45) is 0 Å². The second kappa shape index (κ2) is 9.70. The number of aromatic nitrogens is 4. The van der Waals surface area contributed by atoms with Crippen molar-refractivity contribution in [3.05, 3.63) is 58.9 Å². The third-order valence-electron chi connectivity index (χ3n) is 4.90. The lowest BCUT2D eigenvalue weighted by molar-refractivity contribution is -0.141. The van der Waals surface area contributed by atoms with Gasteiger partial charge in [0, 0.05) is 17.0 Å². The number of thiophene rings is 1. The van der Waals surface area contributed by atoms with Crippen LogP contribution in [0.2, 0.25) is 0 Å². The first-order valence-electron chi connectivity index (χ1n) is 10.5. The van der Waals surface area contributed by atoms with Crippen LogP contribution >= 0.6 is 11.3 Å². The van der Waals surface area contributed by atoms with E-state index in [1.54, 1.807) is 11.3 Å². The number of fused-ring (bicyclic) bond motifs is 1. The Kier molecular flexibility index (Phi) is 6.73. The van der Waals surface area contributed by atoms with Gasteiger partial charge < -0.3 is 10.1 Å². The van der Waals surface area contributed by atoms with E-state index in [1.807, 2.05) is 38.1 Å². The van der Waals surface area contributed by atoms with Crippen molar-refractivity contribution in [2.45, 2.75) is 32.9 Å². The number of nitrogens with zero attached hydrogens (tertiary/aromatic N) is 4. The molecular weight excluding hydrogens is 451 g/mol. The van der Waals surface area contributed by atoms with Gasteiger partial charge in [-0.3, -0.25) is 4.98 Å². The number of nitrogens with one attached hydrogen (secondary N) is 1. The Bertz CT molecular complexity index is 1220. The number of hydrogen-bond donors (Lipinski definition) is 1. The molecule has 3 heterocycles. The summed E-state index contributed by atoms with van der Waals surface area (Å²) >= 11 is 1.61. The number of benzene rings is 1. The first kappa shape index (κ1) is 22.9. The van der Waals surface area contributed by atoms with Crippen LogP contribution in [0, 0.1) is 6.92 Å². The largest absolute Gasteiger partial charge is 0.464 e. The predicted octanol–water partition coefficient (Wildman–Crippen LogP) is 5.92. The molecule has 172 valence electrons. The molecule has 0 aliphatic heterocycles. The molecule has 0 atom stereocenters. The first-order valence-corrected chi connectivity index (χ1v) is 11.3. The van der Waals surface area contributed by atoms with E-state index >= 15 is 0 Å². The van der Waals surface area contributed by atoms with Crippen molar-refractivity contribution in [1.82, 2.24) is 19.9 Å². The van der Waals surface area contributed by atoms with Gasteiger partial charge >= 0.3 is 12.2 Å². The fraction of sp³-hybridized carbons (Fsp3) is 0.304. The van der Waals surface area contributed by atoms with E-state index < -0.39 is 11.9 Å². The average Bonchev–Trinajstić information content (AvgIpc) is 3.17. The molecule has 0 amide bonds. The summed E-state index contributed by atoms with van der Waals surface area (Å²) in [6.07, 6.45) is -0.884. The van der Waals surface area contributed by atoms with Gasteiger partial charge in [0.05, 0.1) is 30.1 Å². The standard InChI is InChI=1S/C23H22F3N5OS/c1-3-32-22-30-20(17-11-14(2)33-21(17)31-22)27-10-4-5-15-6-8-16(9-7-15)18-12-29-19(13-28-18)23(24,25)26/h6-9,11-13H,3-5,10H2,1-2H3,(H,27,30,31). The number of alkyl halides is 3. The third kappa shape index (κ3) is 5.57. The lowest BCUT2D eigenvalue weighted by Gasteiger charge is -2.09. The maximum Gasteiger partial charge on any atom is 0.434 e. The summed E-state index contributed by atoms with van der Waals surface area (Å²) in [5, 5.41) is 4.38. The van der Waals surface area contributed by atoms with E-state index in [0.717, 1.165) is 63.8 Å². The molecular formula is C23H22F3N5OS. The van der Waals surface area contributed by atoms with E-state index in [9.17, 15) is 13.2 Å². The van der Waals surface area contributed by atoms with Crippen molar-refractivity contribution >= 4 is 27.4 Å². The highest BCUT2D eigenvalue weighted by Gasteiger charge is 2.32. The zero-order chi connectivity index (χ0) is 23.4. The van der Waals surface area contributed by atoms with Gasteiger partial charge in [-0.15, -0.1) is 11.3 Å². The maximum atomic E-state index is 12.6. The van der Waals surface area contributed by atoms with Gasteiger partial charge in [-0.05, 0) is 38.3 Å². The Morgan fingerprint density at radius 1 is 1.06 bits per heavy atom. The lowest BCUT2D eigenvalue weighted by Crippen LogP contribution is -2.08. The van der Waals surface area contributed by atoms with Gasteiger partial charge in [0.1, 0.15) is 10.6 Å². The van der Waals surface area contributed by atoms with Gasteiger partial charge in [-0.1, -0.05) is 24.3 Å². The molecule has 3 aromatic heterocycles. The number of ether oxygens (including phenoxy) is 1. The molecule has 1 N–H and O–H groups in total. The molecule has 1 aromatic carbocycles. The molecule has 0 fully saturated rings. The highest BCUT2D eigenvalue weighted by atomic mass is 32.1. The molecule has 6 nitrogen and oxygen atoms in total. The summed E-state index contributed by atoms with van der Waals surface area (Å²) in [6.45, 7) is 5.16. The maximum absolute atomic E-state index is 12.6. The molecule has 0 aliphatic rings. The third-order valence-corrected chi connectivity index (χ3v) is 5.84. The summed E-state index contributed by atoms with van der Waals surface area (Å²) < 4.78 is 43.4. The summed E-state index contributed by atoms with van der Waals surface area (Å²) in [5.74, 6) is 0.768. The molecule has 4 aromatic rings. The van der Waals surface area contributed by atoms with Gasteiger partial charge in [-0.25, -0.2) is 4.98 Å². The molecule has 0 saturated heterocycles. The minimum atomic E-state index is -4.49. The van der Waals surface area contributed by atoms with Crippen LogP contribution < -0.4 is 10.1 Å². The second-order valence-electron chi connectivity index (χ2n) is 7.38. The Balaban J connectivity index is 1.35. The lowest BCUT2D eigenvalue weighted by atomic mass is 10.1. The van der Waals surface area contributed by atoms with E-state index in [-0.39, 0.29) is 0 Å². The molecule has 0 radical (unpaired) electrons. The van der Waals surface area contributed by atoms with Crippen LogP contribution in [0.3, 0.4) is 0 Å². The monoisotopic (exact) mass is 473 g/mol. The summed E-state index contributed by atoms with van der Waals surface area (Å²) in [7, 11) is 0. The predicted molar refractivity (Wildman–Crippen MR) is 123 cm³/mol. The van der Waals surface area contributed by atoms with Crippen LogP contribution in [0.5, 0.6) is 6.01 Å².